The molecule has 0 aliphatic heterocycles. The van der Waals surface area contributed by atoms with E-state index in [4.69, 9.17) is 9.47 Å². The zero-order valence-electron chi connectivity index (χ0n) is 18.0. The number of aryl methyl sites for hydroxylation is 1. The molecule has 3 aromatic rings. The van der Waals surface area contributed by atoms with Gasteiger partial charge in [0, 0.05) is 28.2 Å². The highest BCUT2D eigenvalue weighted by Gasteiger charge is 2.11. The summed E-state index contributed by atoms with van der Waals surface area (Å²) in [5.41, 5.74) is 7.30. The average Bonchev–Trinajstić information content (AvgIpc) is 3.07. The molecule has 1 amide bonds. The monoisotopic (exact) mass is 419 g/mol. The Morgan fingerprint density at radius 3 is 2.29 bits per heavy atom. The summed E-state index contributed by atoms with van der Waals surface area (Å²) in [7, 11) is 1.36. The van der Waals surface area contributed by atoms with Gasteiger partial charge in [0.15, 0.2) is 0 Å². The summed E-state index contributed by atoms with van der Waals surface area (Å²) in [5.74, 6) is 0.0460. The number of esters is 1. The van der Waals surface area contributed by atoms with Crippen LogP contribution in [0.2, 0.25) is 0 Å². The van der Waals surface area contributed by atoms with Crippen LogP contribution in [0.3, 0.4) is 0 Å². The summed E-state index contributed by atoms with van der Waals surface area (Å²) in [6.07, 6.45) is 1.62. The SMILES string of the molecule is CCOc1ccc(C(=O)N/N=C\c2cc(C)n(-c3ccc(C(=O)OC)cc3)c2C)cc1. The second-order valence-corrected chi connectivity index (χ2v) is 6.86. The first-order chi connectivity index (χ1) is 14.9. The second-order valence-electron chi connectivity index (χ2n) is 6.86. The highest BCUT2D eigenvalue weighted by molar-refractivity contribution is 5.95. The van der Waals surface area contributed by atoms with Crippen LogP contribution in [0.5, 0.6) is 5.75 Å². The number of amides is 1. The van der Waals surface area contributed by atoms with Crippen molar-refractivity contribution in [3.63, 3.8) is 0 Å². The Balaban J connectivity index is 1.72. The van der Waals surface area contributed by atoms with Crippen LogP contribution in [0.1, 0.15) is 44.6 Å². The summed E-state index contributed by atoms with van der Waals surface area (Å²) >= 11 is 0. The Hall–Kier alpha value is -3.87. The van der Waals surface area contributed by atoms with E-state index in [1.54, 1.807) is 42.6 Å². The van der Waals surface area contributed by atoms with Crippen LogP contribution >= 0.6 is 0 Å². The van der Waals surface area contributed by atoms with Gasteiger partial charge < -0.3 is 14.0 Å². The summed E-state index contributed by atoms with van der Waals surface area (Å²) in [6, 6.07) is 16.1. The lowest BCUT2D eigenvalue weighted by Crippen LogP contribution is -2.17. The van der Waals surface area contributed by atoms with Crippen molar-refractivity contribution in [1.29, 1.82) is 0 Å². The largest absolute Gasteiger partial charge is 0.494 e. The molecule has 160 valence electrons. The van der Waals surface area contributed by atoms with Crippen molar-refractivity contribution in [1.82, 2.24) is 9.99 Å². The third-order valence-electron chi connectivity index (χ3n) is 4.81. The minimum absolute atomic E-state index is 0.300. The Morgan fingerprint density at radius 2 is 1.68 bits per heavy atom. The number of ether oxygens (including phenoxy) is 2. The van der Waals surface area contributed by atoms with E-state index >= 15 is 0 Å². The third-order valence-corrected chi connectivity index (χ3v) is 4.81. The van der Waals surface area contributed by atoms with E-state index in [0.717, 1.165) is 28.4 Å². The zero-order valence-corrected chi connectivity index (χ0v) is 18.0. The standard InChI is InChI=1S/C24H25N3O4/c1-5-31-22-12-8-18(9-13-22)23(28)26-25-15-20-14-16(2)27(17(20)3)21-10-6-19(7-11-21)24(29)30-4/h6-15H,5H2,1-4H3,(H,26,28)/b25-15-. The van der Waals surface area contributed by atoms with Gasteiger partial charge in [0.1, 0.15) is 5.75 Å². The molecule has 1 heterocycles. The van der Waals surface area contributed by atoms with Crippen LogP contribution in [0.25, 0.3) is 5.69 Å². The van der Waals surface area contributed by atoms with E-state index in [-0.39, 0.29) is 11.9 Å². The molecular weight excluding hydrogens is 394 g/mol. The number of aromatic nitrogens is 1. The van der Waals surface area contributed by atoms with Gasteiger partial charge in [-0.2, -0.15) is 5.10 Å². The molecule has 0 aliphatic rings. The maximum atomic E-state index is 12.3. The first-order valence-electron chi connectivity index (χ1n) is 9.88. The second kappa shape index (κ2) is 9.75. The predicted octanol–water partition coefficient (Wildman–Crippen LogP) is 4.04. The van der Waals surface area contributed by atoms with Crippen LogP contribution in [-0.4, -0.2) is 36.4 Å². The van der Waals surface area contributed by atoms with Crippen LogP contribution in [-0.2, 0) is 4.74 Å². The van der Waals surface area contributed by atoms with E-state index in [9.17, 15) is 9.59 Å². The van der Waals surface area contributed by atoms with Gasteiger partial charge in [0.05, 0.1) is 25.5 Å². The number of hydrogen-bond donors (Lipinski definition) is 1. The van der Waals surface area contributed by atoms with Gasteiger partial charge >= 0.3 is 5.97 Å². The van der Waals surface area contributed by atoms with Crippen LogP contribution in [0.15, 0.2) is 59.7 Å². The molecule has 1 aromatic heterocycles. The molecule has 0 unspecified atom stereocenters. The Labute approximate surface area is 181 Å². The molecule has 7 nitrogen and oxygen atoms in total. The van der Waals surface area contributed by atoms with E-state index < -0.39 is 0 Å². The number of carbonyl (C=O) groups excluding carboxylic acids is 2. The number of methoxy groups -OCH3 is 1. The third kappa shape index (κ3) is 5.01. The Morgan fingerprint density at radius 1 is 1.03 bits per heavy atom. The molecule has 0 radical (unpaired) electrons. The quantitative estimate of drug-likeness (QED) is 0.356. The van der Waals surface area contributed by atoms with Crippen LogP contribution in [0, 0.1) is 13.8 Å². The smallest absolute Gasteiger partial charge is 0.337 e. The lowest BCUT2D eigenvalue weighted by atomic mass is 10.2. The van der Waals surface area contributed by atoms with E-state index in [0.29, 0.717) is 17.7 Å². The average molecular weight is 419 g/mol. The van der Waals surface area contributed by atoms with Crippen molar-refractivity contribution in [3.8, 4) is 11.4 Å². The van der Waals surface area contributed by atoms with Gasteiger partial charge in [-0.1, -0.05) is 0 Å². The molecule has 0 saturated carbocycles. The van der Waals surface area contributed by atoms with E-state index in [2.05, 4.69) is 15.1 Å². The molecule has 3 rings (SSSR count). The molecule has 31 heavy (non-hydrogen) atoms. The first kappa shape index (κ1) is 21.8. The molecule has 0 saturated heterocycles. The van der Waals surface area contributed by atoms with E-state index in [1.165, 1.54) is 7.11 Å². The number of benzene rings is 2. The van der Waals surface area contributed by atoms with Crippen LogP contribution < -0.4 is 10.2 Å². The van der Waals surface area contributed by atoms with Crippen molar-refractivity contribution in [2.75, 3.05) is 13.7 Å². The zero-order chi connectivity index (χ0) is 22.4. The maximum Gasteiger partial charge on any atom is 0.337 e. The van der Waals surface area contributed by atoms with Gasteiger partial charge in [-0.05, 0) is 75.4 Å². The maximum absolute atomic E-state index is 12.3. The lowest BCUT2D eigenvalue weighted by molar-refractivity contribution is 0.0600. The topological polar surface area (TPSA) is 81.9 Å². The summed E-state index contributed by atoms with van der Waals surface area (Å²) in [6.45, 7) is 6.43. The number of carbonyl (C=O) groups is 2. The molecule has 2 aromatic carbocycles. The number of hydrogen-bond acceptors (Lipinski definition) is 5. The summed E-state index contributed by atoms with van der Waals surface area (Å²) < 4.78 is 12.2. The molecular formula is C24H25N3O4. The number of hydrazone groups is 1. The van der Waals surface area contributed by atoms with Crippen molar-refractivity contribution in [2.24, 2.45) is 5.10 Å². The van der Waals surface area contributed by atoms with E-state index in [1.807, 2.05) is 39.0 Å². The summed E-state index contributed by atoms with van der Waals surface area (Å²) in [4.78, 5) is 23.9. The van der Waals surface area contributed by atoms with Crippen molar-refractivity contribution >= 4 is 18.1 Å². The van der Waals surface area contributed by atoms with Crippen molar-refractivity contribution in [2.45, 2.75) is 20.8 Å². The Bertz CT molecular complexity index is 1100. The summed E-state index contributed by atoms with van der Waals surface area (Å²) in [5, 5.41) is 4.10. The normalized spacial score (nSPS) is 10.8. The molecule has 0 spiro atoms. The highest BCUT2D eigenvalue weighted by atomic mass is 16.5. The van der Waals surface area contributed by atoms with Gasteiger partial charge in [-0.25, -0.2) is 10.2 Å². The molecule has 0 aliphatic carbocycles. The number of nitrogens with one attached hydrogen (secondary N) is 1. The van der Waals surface area contributed by atoms with Crippen molar-refractivity contribution < 1.29 is 19.1 Å². The van der Waals surface area contributed by atoms with Gasteiger partial charge in [-0.3, -0.25) is 4.79 Å². The Kier molecular flexibility index (Phi) is 6.87. The van der Waals surface area contributed by atoms with Gasteiger partial charge in [0.25, 0.3) is 5.91 Å². The predicted molar refractivity (Wildman–Crippen MR) is 119 cm³/mol. The lowest BCUT2D eigenvalue weighted by Gasteiger charge is -2.10. The molecule has 0 bridgehead atoms. The number of nitrogens with zero attached hydrogens (tertiary/aromatic N) is 2. The molecule has 1 N–H and O–H groups in total. The minimum atomic E-state index is -0.372. The molecule has 0 atom stereocenters. The van der Waals surface area contributed by atoms with Gasteiger partial charge in [-0.15, -0.1) is 0 Å². The fourth-order valence-electron chi connectivity index (χ4n) is 3.27. The first-order valence-corrected chi connectivity index (χ1v) is 9.88. The van der Waals surface area contributed by atoms with Crippen LogP contribution in [0.4, 0.5) is 0 Å². The molecule has 7 heteroatoms. The van der Waals surface area contributed by atoms with Gasteiger partial charge in [0.2, 0.25) is 0 Å². The number of rotatable bonds is 7. The fraction of sp³-hybridized carbons (Fsp3) is 0.208. The van der Waals surface area contributed by atoms with Crippen molar-refractivity contribution in [3.05, 3.63) is 82.7 Å². The fourth-order valence-corrected chi connectivity index (χ4v) is 3.27. The minimum Gasteiger partial charge on any atom is -0.494 e. The molecule has 0 fully saturated rings. The highest BCUT2D eigenvalue weighted by Crippen LogP contribution is 2.20.